The molecule has 6 heteroatoms. The molecule has 2 heterocycles. The summed E-state index contributed by atoms with van der Waals surface area (Å²) < 4.78 is 5.31. The Kier molecular flexibility index (Phi) is 4.13. The summed E-state index contributed by atoms with van der Waals surface area (Å²) in [5, 5.41) is 3.27. The van der Waals surface area contributed by atoms with Crippen molar-refractivity contribution in [3.63, 3.8) is 0 Å². The maximum atomic E-state index is 12.0. The van der Waals surface area contributed by atoms with E-state index in [1.807, 2.05) is 20.8 Å². The van der Waals surface area contributed by atoms with Gasteiger partial charge in [-0.05, 0) is 26.8 Å². The van der Waals surface area contributed by atoms with Gasteiger partial charge in [0.05, 0.1) is 11.3 Å². The number of esters is 1. The van der Waals surface area contributed by atoms with Gasteiger partial charge in [-0.15, -0.1) is 0 Å². The lowest BCUT2D eigenvalue weighted by Gasteiger charge is -2.29. The minimum absolute atomic E-state index is 0.385. The number of piperazine rings is 1. The number of anilines is 2. The second-order valence-corrected chi connectivity index (χ2v) is 5.88. The van der Waals surface area contributed by atoms with Gasteiger partial charge in [-0.25, -0.2) is 9.78 Å². The largest absolute Gasteiger partial charge is 0.456 e. The quantitative estimate of drug-likeness (QED) is 0.786. The van der Waals surface area contributed by atoms with Gasteiger partial charge in [0.1, 0.15) is 5.60 Å². The minimum Gasteiger partial charge on any atom is -0.456 e. The molecule has 110 valence electrons. The summed E-state index contributed by atoms with van der Waals surface area (Å²) in [4.78, 5) is 18.4. The zero-order chi connectivity index (χ0) is 14.8. The van der Waals surface area contributed by atoms with Gasteiger partial charge in [-0.1, -0.05) is 0 Å². The Labute approximate surface area is 119 Å². The molecule has 0 aromatic carbocycles. The van der Waals surface area contributed by atoms with Crippen molar-refractivity contribution in [1.82, 2.24) is 10.3 Å². The first-order valence-electron chi connectivity index (χ1n) is 6.81. The van der Waals surface area contributed by atoms with Crippen LogP contribution in [-0.4, -0.2) is 42.7 Å². The number of carbonyl (C=O) groups excluding carboxylic acids is 1. The standard InChI is InChI=1S/C14H22N4O2/c1-14(2,3)20-13(19)10-8-11(15)12(17-9-10)18-6-4-16-5-7-18/h8-9,16H,4-7,15H2,1-3H3. The predicted molar refractivity (Wildman–Crippen MR) is 78.9 cm³/mol. The van der Waals surface area contributed by atoms with Crippen LogP contribution in [0.25, 0.3) is 0 Å². The van der Waals surface area contributed by atoms with E-state index >= 15 is 0 Å². The summed E-state index contributed by atoms with van der Waals surface area (Å²) >= 11 is 0. The monoisotopic (exact) mass is 278 g/mol. The molecule has 1 fully saturated rings. The Balaban J connectivity index is 2.14. The summed E-state index contributed by atoms with van der Waals surface area (Å²) in [6, 6.07) is 1.64. The highest BCUT2D eigenvalue weighted by Crippen LogP contribution is 2.22. The Morgan fingerprint density at radius 2 is 2.05 bits per heavy atom. The summed E-state index contributed by atoms with van der Waals surface area (Å²) in [7, 11) is 0. The van der Waals surface area contributed by atoms with Crippen molar-refractivity contribution in [3.05, 3.63) is 17.8 Å². The van der Waals surface area contributed by atoms with Crippen LogP contribution in [0.1, 0.15) is 31.1 Å². The molecule has 1 aliphatic rings. The number of nitrogen functional groups attached to an aromatic ring is 1. The van der Waals surface area contributed by atoms with Gasteiger partial charge >= 0.3 is 5.97 Å². The van der Waals surface area contributed by atoms with Crippen molar-refractivity contribution >= 4 is 17.5 Å². The van der Waals surface area contributed by atoms with Crippen LogP contribution in [0.15, 0.2) is 12.3 Å². The fourth-order valence-electron chi connectivity index (χ4n) is 2.06. The van der Waals surface area contributed by atoms with E-state index in [1.54, 1.807) is 6.07 Å². The highest BCUT2D eigenvalue weighted by molar-refractivity contribution is 5.91. The number of nitrogens with zero attached hydrogens (tertiary/aromatic N) is 2. The first-order valence-corrected chi connectivity index (χ1v) is 6.81. The number of nitrogens with two attached hydrogens (primary N) is 1. The SMILES string of the molecule is CC(C)(C)OC(=O)c1cnc(N2CCNCC2)c(N)c1. The van der Waals surface area contributed by atoms with Gasteiger partial charge in [0, 0.05) is 32.4 Å². The molecule has 0 atom stereocenters. The van der Waals surface area contributed by atoms with Crippen LogP contribution in [0.2, 0.25) is 0 Å². The lowest BCUT2D eigenvalue weighted by molar-refractivity contribution is 0.00692. The van der Waals surface area contributed by atoms with E-state index < -0.39 is 11.6 Å². The van der Waals surface area contributed by atoms with Gasteiger partial charge in [0.25, 0.3) is 0 Å². The summed E-state index contributed by atoms with van der Waals surface area (Å²) in [5.41, 5.74) is 6.39. The van der Waals surface area contributed by atoms with E-state index in [1.165, 1.54) is 6.20 Å². The average molecular weight is 278 g/mol. The lowest BCUT2D eigenvalue weighted by atomic mass is 10.2. The van der Waals surface area contributed by atoms with Crippen molar-refractivity contribution in [3.8, 4) is 0 Å². The van der Waals surface area contributed by atoms with Gasteiger partial charge in [-0.2, -0.15) is 0 Å². The topological polar surface area (TPSA) is 80.5 Å². The summed E-state index contributed by atoms with van der Waals surface area (Å²) in [6.45, 7) is 9.04. The van der Waals surface area contributed by atoms with E-state index in [9.17, 15) is 4.79 Å². The average Bonchev–Trinajstić information content (AvgIpc) is 2.37. The molecule has 1 saturated heterocycles. The first-order chi connectivity index (χ1) is 9.37. The zero-order valence-electron chi connectivity index (χ0n) is 12.3. The molecule has 0 unspecified atom stereocenters. The molecule has 1 aromatic heterocycles. The third kappa shape index (κ3) is 3.60. The van der Waals surface area contributed by atoms with Crippen LogP contribution >= 0.6 is 0 Å². The molecule has 1 aliphatic heterocycles. The number of hydrogen-bond donors (Lipinski definition) is 2. The lowest BCUT2D eigenvalue weighted by Crippen LogP contribution is -2.44. The molecule has 6 nitrogen and oxygen atoms in total. The Morgan fingerprint density at radius 3 is 2.60 bits per heavy atom. The molecule has 0 spiro atoms. The molecule has 0 aliphatic carbocycles. The van der Waals surface area contributed by atoms with Crippen LogP contribution in [0.3, 0.4) is 0 Å². The van der Waals surface area contributed by atoms with E-state index in [0.717, 1.165) is 32.0 Å². The van der Waals surface area contributed by atoms with Crippen molar-refractivity contribution in [2.45, 2.75) is 26.4 Å². The molecule has 20 heavy (non-hydrogen) atoms. The number of hydrogen-bond acceptors (Lipinski definition) is 6. The molecular weight excluding hydrogens is 256 g/mol. The fourth-order valence-corrected chi connectivity index (χ4v) is 2.06. The van der Waals surface area contributed by atoms with E-state index in [4.69, 9.17) is 10.5 Å². The Bertz CT molecular complexity index is 490. The Hall–Kier alpha value is -1.82. The van der Waals surface area contributed by atoms with E-state index in [-0.39, 0.29) is 0 Å². The van der Waals surface area contributed by atoms with Gasteiger partial charge in [-0.3, -0.25) is 0 Å². The van der Waals surface area contributed by atoms with Crippen LogP contribution in [-0.2, 0) is 4.74 Å². The molecule has 0 radical (unpaired) electrons. The van der Waals surface area contributed by atoms with Crippen LogP contribution < -0.4 is 16.0 Å². The molecule has 0 saturated carbocycles. The van der Waals surface area contributed by atoms with Crippen molar-refractivity contribution < 1.29 is 9.53 Å². The number of aromatic nitrogens is 1. The third-order valence-corrected chi connectivity index (χ3v) is 2.95. The molecular formula is C14H22N4O2. The highest BCUT2D eigenvalue weighted by atomic mass is 16.6. The third-order valence-electron chi connectivity index (χ3n) is 2.95. The van der Waals surface area contributed by atoms with Crippen LogP contribution in [0, 0.1) is 0 Å². The van der Waals surface area contributed by atoms with Gasteiger partial charge in [0.2, 0.25) is 0 Å². The van der Waals surface area contributed by atoms with Crippen molar-refractivity contribution in [1.29, 1.82) is 0 Å². The minimum atomic E-state index is -0.525. The van der Waals surface area contributed by atoms with Crippen molar-refractivity contribution in [2.75, 3.05) is 36.8 Å². The number of nitrogens with one attached hydrogen (secondary N) is 1. The van der Waals surface area contributed by atoms with Crippen LogP contribution in [0.4, 0.5) is 11.5 Å². The first kappa shape index (κ1) is 14.6. The molecule has 3 N–H and O–H groups in total. The second-order valence-electron chi connectivity index (χ2n) is 5.88. The fraction of sp³-hybridized carbons (Fsp3) is 0.571. The maximum Gasteiger partial charge on any atom is 0.340 e. The van der Waals surface area contributed by atoms with E-state index in [2.05, 4.69) is 15.2 Å². The van der Waals surface area contributed by atoms with Crippen LogP contribution in [0.5, 0.6) is 0 Å². The van der Waals surface area contributed by atoms with Gasteiger partial charge in [0.15, 0.2) is 5.82 Å². The molecule has 0 amide bonds. The maximum absolute atomic E-state index is 12.0. The normalized spacial score (nSPS) is 16.1. The number of pyridine rings is 1. The predicted octanol–water partition coefficient (Wildman–Crippen LogP) is 1.03. The highest BCUT2D eigenvalue weighted by Gasteiger charge is 2.20. The van der Waals surface area contributed by atoms with E-state index in [0.29, 0.717) is 11.3 Å². The van der Waals surface area contributed by atoms with Gasteiger partial charge < -0.3 is 20.7 Å². The number of carbonyl (C=O) groups is 1. The molecule has 0 bridgehead atoms. The summed E-state index contributed by atoms with van der Waals surface area (Å²) in [6.07, 6.45) is 1.53. The molecule has 1 aromatic rings. The zero-order valence-corrected chi connectivity index (χ0v) is 12.3. The number of ether oxygens (including phenoxy) is 1. The second kappa shape index (κ2) is 5.66. The smallest absolute Gasteiger partial charge is 0.340 e. The van der Waals surface area contributed by atoms with Crippen molar-refractivity contribution in [2.24, 2.45) is 0 Å². The Morgan fingerprint density at radius 1 is 1.40 bits per heavy atom. The summed E-state index contributed by atoms with van der Waals surface area (Å²) in [5.74, 6) is 0.336. The molecule has 2 rings (SSSR count). The number of rotatable bonds is 2.